The smallest absolute Gasteiger partial charge is 0.303 e. The molecule has 0 bridgehead atoms. The van der Waals surface area contributed by atoms with E-state index in [1.165, 1.54) is 6.92 Å². The van der Waals surface area contributed by atoms with Gasteiger partial charge >= 0.3 is 5.97 Å². The van der Waals surface area contributed by atoms with E-state index in [-0.39, 0.29) is 12.1 Å². The summed E-state index contributed by atoms with van der Waals surface area (Å²) in [6.45, 7) is 1.45. The second-order valence-electron chi connectivity index (χ2n) is 3.20. The predicted molar refractivity (Wildman–Crippen MR) is 52.3 cm³/mol. The molecule has 0 saturated carbocycles. The van der Waals surface area contributed by atoms with Crippen molar-refractivity contribution < 1.29 is 9.53 Å². The van der Waals surface area contributed by atoms with Crippen molar-refractivity contribution in [2.45, 2.75) is 38.7 Å². The molecule has 0 amide bonds. The van der Waals surface area contributed by atoms with Crippen molar-refractivity contribution in [3.63, 3.8) is 0 Å². The quantitative estimate of drug-likeness (QED) is 0.458. The largest absolute Gasteiger partial charge is 0.458 e. The van der Waals surface area contributed by atoms with Crippen LogP contribution in [-0.2, 0) is 9.53 Å². The van der Waals surface area contributed by atoms with E-state index in [4.69, 9.17) is 4.74 Å². The van der Waals surface area contributed by atoms with Gasteiger partial charge in [-0.05, 0) is 31.8 Å². The molecule has 0 fully saturated rings. The van der Waals surface area contributed by atoms with Crippen LogP contribution in [0.4, 0.5) is 0 Å². The number of carbonyl (C=O) groups is 1. The summed E-state index contributed by atoms with van der Waals surface area (Å²) >= 11 is 0. The molecule has 0 heterocycles. The molecule has 72 valence electrons. The Morgan fingerprint density at radius 1 is 1.23 bits per heavy atom. The molecule has 1 rings (SSSR count). The summed E-state index contributed by atoms with van der Waals surface area (Å²) in [5.41, 5.74) is 0. The van der Waals surface area contributed by atoms with E-state index in [9.17, 15) is 4.79 Å². The number of esters is 1. The van der Waals surface area contributed by atoms with Crippen LogP contribution in [0.25, 0.3) is 0 Å². The van der Waals surface area contributed by atoms with E-state index >= 15 is 0 Å². The Morgan fingerprint density at radius 2 is 1.92 bits per heavy atom. The van der Waals surface area contributed by atoms with Crippen LogP contribution >= 0.6 is 0 Å². The Hall–Kier alpha value is -1.05. The van der Waals surface area contributed by atoms with Crippen LogP contribution in [0.3, 0.4) is 0 Å². The van der Waals surface area contributed by atoms with Crippen LogP contribution in [0.15, 0.2) is 24.3 Å². The monoisotopic (exact) mass is 180 g/mol. The molecule has 1 unspecified atom stereocenters. The first-order chi connectivity index (χ1) is 6.29. The maximum atomic E-state index is 10.7. The van der Waals surface area contributed by atoms with E-state index in [0.29, 0.717) is 0 Å². The lowest BCUT2D eigenvalue weighted by molar-refractivity contribution is -0.144. The first kappa shape index (κ1) is 10.0. The molecule has 0 aromatic heterocycles. The number of carbonyl (C=O) groups excluding carboxylic acids is 1. The first-order valence-corrected chi connectivity index (χ1v) is 4.78. The van der Waals surface area contributed by atoms with Gasteiger partial charge in [0.2, 0.25) is 0 Å². The lowest BCUT2D eigenvalue weighted by Crippen LogP contribution is -2.13. The Labute approximate surface area is 79.3 Å². The van der Waals surface area contributed by atoms with Gasteiger partial charge in [-0.1, -0.05) is 18.2 Å². The maximum absolute atomic E-state index is 10.7. The lowest BCUT2D eigenvalue weighted by atomic mass is 10.2. The molecule has 0 aromatic rings. The minimum absolute atomic E-state index is 0.0275. The van der Waals surface area contributed by atoms with Crippen molar-refractivity contribution in [2.75, 3.05) is 0 Å². The van der Waals surface area contributed by atoms with Crippen LogP contribution < -0.4 is 0 Å². The molecule has 2 heteroatoms. The van der Waals surface area contributed by atoms with E-state index in [1.807, 2.05) is 6.08 Å². The van der Waals surface area contributed by atoms with Crippen LogP contribution in [-0.4, -0.2) is 12.1 Å². The molecule has 1 atom stereocenters. The molecule has 0 aromatic carbocycles. The Bertz CT molecular complexity index is 216. The first-order valence-electron chi connectivity index (χ1n) is 4.78. The third-order valence-electron chi connectivity index (χ3n) is 1.95. The van der Waals surface area contributed by atoms with Crippen molar-refractivity contribution in [3.8, 4) is 0 Å². The van der Waals surface area contributed by atoms with Gasteiger partial charge in [0.15, 0.2) is 0 Å². The average molecular weight is 180 g/mol. The highest BCUT2D eigenvalue weighted by Crippen LogP contribution is 2.09. The number of ether oxygens (including phenoxy) is 1. The van der Waals surface area contributed by atoms with Gasteiger partial charge in [0.05, 0.1) is 0 Å². The molecule has 0 saturated heterocycles. The van der Waals surface area contributed by atoms with Gasteiger partial charge in [0.1, 0.15) is 6.10 Å². The molecule has 0 radical (unpaired) electrons. The molecule has 1 aliphatic rings. The third-order valence-corrected chi connectivity index (χ3v) is 1.95. The van der Waals surface area contributed by atoms with Crippen LogP contribution in [0, 0.1) is 0 Å². The summed E-state index contributed by atoms with van der Waals surface area (Å²) in [7, 11) is 0. The summed E-state index contributed by atoms with van der Waals surface area (Å²) in [5, 5.41) is 0. The molecule has 0 aliphatic heterocycles. The summed E-state index contributed by atoms with van der Waals surface area (Å²) in [5.74, 6) is -0.196. The van der Waals surface area contributed by atoms with Crippen LogP contribution in [0.1, 0.15) is 32.6 Å². The van der Waals surface area contributed by atoms with Gasteiger partial charge in [-0.15, -0.1) is 0 Å². The normalized spacial score (nSPS) is 27.9. The number of hydrogen-bond donors (Lipinski definition) is 0. The fourth-order valence-electron chi connectivity index (χ4n) is 1.34. The SMILES string of the molecule is CC(=O)OC1/C=C\CC/C=C\CC1. The topological polar surface area (TPSA) is 26.3 Å². The summed E-state index contributed by atoms with van der Waals surface area (Å²) < 4.78 is 5.12. The van der Waals surface area contributed by atoms with E-state index in [1.54, 1.807) is 0 Å². The Balaban J connectivity index is 2.45. The van der Waals surface area contributed by atoms with Crippen molar-refractivity contribution in [1.82, 2.24) is 0 Å². The van der Waals surface area contributed by atoms with E-state index in [0.717, 1.165) is 25.7 Å². The van der Waals surface area contributed by atoms with Gasteiger partial charge in [0.25, 0.3) is 0 Å². The van der Waals surface area contributed by atoms with Gasteiger partial charge in [-0.25, -0.2) is 0 Å². The number of rotatable bonds is 1. The van der Waals surface area contributed by atoms with Gasteiger partial charge in [0, 0.05) is 6.92 Å². The third kappa shape index (κ3) is 4.51. The van der Waals surface area contributed by atoms with Crippen molar-refractivity contribution in [3.05, 3.63) is 24.3 Å². The minimum atomic E-state index is -0.196. The summed E-state index contributed by atoms with van der Waals surface area (Å²) in [6.07, 6.45) is 12.4. The molecule has 1 aliphatic carbocycles. The van der Waals surface area contributed by atoms with Crippen molar-refractivity contribution in [2.24, 2.45) is 0 Å². The molecule has 0 spiro atoms. The highest BCUT2D eigenvalue weighted by atomic mass is 16.5. The predicted octanol–water partition coefficient (Wildman–Crippen LogP) is 2.60. The molecule has 2 nitrogen and oxygen atoms in total. The van der Waals surface area contributed by atoms with Crippen LogP contribution in [0.2, 0.25) is 0 Å². The fraction of sp³-hybridized carbons (Fsp3) is 0.545. The second-order valence-corrected chi connectivity index (χ2v) is 3.20. The summed E-state index contributed by atoms with van der Waals surface area (Å²) in [4.78, 5) is 10.7. The Morgan fingerprint density at radius 3 is 2.69 bits per heavy atom. The highest BCUT2D eigenvalue weighted by Gasteiger charge is 2.06. The van der Waals surface area contributed by atoms with Crippen molar-refractivity contribution in [1.29, 1.82) is 0 Å². The number of hydrogen-bond acceptors (Lipinski definition) is 2. The zero-order chi connectivity index (χ0) is 9.52. The van der Waals surface area contributed by atoms with E-state index < -0.39 is 0 Å². The van der Waals surface area contributed by atoms with Gasteiger partial charge < -0.3 is 4.74 Å². The van der Waals surface area contributed by atoms with E-state index in [2.05, 4.69) is 18.2 Å². The van der Waals surface area contributed by atoms with Gasteiger partial charge in [-0.3, -0.25) is 4.79 Å². The van der Waals surface area contributed by atoms with Crippen LogP contribution in [0.5, 0.6) is 0 Å². The zero-order valence-corrected chi connectivity index (χ0v) is 8.03. The standard InChI is InChI=1S/C11H16O2/c1-10(12)13-11-8-6-4-2-3-5-7-9-11/h2,4,7,9,11H,3,5-6,8H2,1H3/b4-2-,9-7-. The van der Waals surface area contributed by atoms with Crippen molar-refractivity contribution >= 4 is 5.97 Å². The summed E-state index contributed by atoms with van der Waals surface area (Å²) in [6, 6.07) is 0. The Kier molecular flexibility index (Phi) is 4.30. The number of allylic oxidation sites excluding steroid dienone is 3. The highest BCUT2D eigenvalue weighted by molar-refractivity contribution is 5.66. The molecular formula is C11H16O2. The van der Waals surface area contributed by atoms with Gasteiger partial charge in [-0.2, -0.15) is 0 Å². The maximum Gasteiger partial charge on any atom is 0.303 e. The fourth-order valence-corrected chi connectivity index (χ4v) is 1.34. The lowest BCUT2D eigenvalue weighted by Gasteiger charge is -2.11. The average Bonchev–Trinajstić information content (AvgIpc) is 2.17. The molecule has 13 heavy (non-hydrogen) atoms. The molecular weight excluding hydrogens is 164 g/mol. The minimum Gasteiger partial charge on any atom is -0.458 e. The zero-order valence-electron chi connectivity index (χ0n) is 8.03. The molecule has 0 N–H and O–H groups in total. The second kappa shape index (κ2) is 5.57.